The first-order valence-corrected chi connectivity index (χ1v) is 16.6. The first-order valence-electron chi connectivity index (χ1n) is 16.6. The standard InChI is InChI=1S/C47H39N/c1-34-13-10-20-40(29-34)45(41-21-11-14-35(2)30-41)33-37-24-28-47-43(32-37)26-25-42-31-36(23-27-46(42)48(47)3)15-12-22-44(38-16-6-4-7-17-38)39-18-8-5-9-19-39/h4-33H,1-3H3. The lowest BCUT2D eigenvalue weighted by Gasteiger charge is -2.22. The lowest BCUT2D eigenvalue weighted by atomic mass is 9.93. The minimum absolute atomic E-state index is 1.17. The van der Waals surface area contributed by atoms with E-state index in [9.17, 15) is 0 Å². The number of nitrogens with zero attached hydrogens (tertiary/aromatic N) is 1. The highest BCUT2D eigenvalue weighted by molar-refractivity contribution is 5.94. The average Bonchev–Trinajstić information content (AvgIpc) is 3.25. The number of hydrogen-bond donors (Lipinski definition) is 0. The van der Waals surface area contributed by atoms with Gasteiger partial charge in [0.1, 0.15) is 0 Å². The van der Waals surface area contributed by atoms with E-state index >= 15 is 0 Å². The Hall–Kier alpha value is -5.92. The fourth-order valence-electron chi connectivity index (χ4n) is 6.50. The van der Waals surface area contributed by atoms with Gasteiger partial charge in [-0.3, -0.25) is 0 Å². The van der Waals surface area contributed by atoms with Gasteiger partial charge in [0.2, 0.25) is 0 Å². The Balaban J connectivity index is 1.20. The Morgan fingerprint density at radius 2 is 0.979 bits per heavy atom. The van der Waals surface area contributed by atoms with Crippen LogP contribution in [-0.2, 0) is 0 Å². The molecule has 1 nitrogen and oxygen atoms in total. The van der Waals surface area contributed by atoms with Crippen LogP contribution in [0.1, 0.15) is 55.6 Å². The van der Waals surface area contributed by atoms with Crippen LogP contribution in [0.3, 0.4) is 0 Å². The number of aryl methyl sites for hydroxylation is 2. The first kappa shape index (κ1) is 30.7. The van der Waals surface area contributed by atoms with Crippen molar-refractivity contribution in [3.63, 3.8) is 0 Å². The topological polar surface area (TPSA) is 3.24 Å². The number of benzene rings is 6. The molecule has 0 aliphatic carbocycles. The van der Waals surface area contributed by atoms with E-state index in [1.54, 1.807) is 0 Å². The molecule has 0 fully saturated rings. The van der Waals surface area contributed by atoms with Crippen molar-refractivity contribution in [2.45, 2.75) is 13.8 Å². The normalized spacial score (nSPS) is 11.9. The smallest absolute Gasteiger partial charge is 0.0482 e. The molecule has 0 atom stereocenters. The second-order valence-electron chi connectivity index (χ2n) is 12.5. The van der Waals surface area contributed by atoms with Gasteiger partial charge in [0.05, 0.1) is 0 Å². The summed E-state index contributed by atoms with van der Waals surface area (Å²) in [7, 11) is 2.16. The van der Waals surface area contributed by atoms with E-state index in [1.807, 2.05) is 0 Å². The minimum atomic E-state index is 1.17. The summed E-state index contributed by atoms with van der Waals surface area (Å²) in [4.78, 5) is 2.30. The van der Waals surface area contributed by atoms with E-state index in [-0.39, 0.29) is 0 Å². The number of allylic oxidation sites excluding steroid dienone is 2. The molecular formula is C47H39N. The van der Waals surface area contributed by atoms with Crippen molar-refractivity contribution in [3.8, 4) is 0 Å². The molecule has 0 spiro atoms. The largest absolute Gasteiger partial charge is 0.344 e. The summed E-state index contributed by atoms with van der Waals surface area (Å²) in [6, 6.07) is 52.2. The monoisotopic (exact) mass is 617 g/mol. The predicted octanol–water partition coefficient (Wildman–Crippen LogP) is 12.3. The summed E-state index contributed by atoms with van der Waals surface area (Å²) in [5.74, 6) is 0. The van der Waals surface area contributed by atoms with E-state index in [4.69, 9.17) is 0 Å². The zero-order chi connectivity index (χ0) is 32.9. The van der Waals surface area contributed by atoms with E-state index < -0.39 is 0 Å². The second-order valence-corrected chi connectivity index (χ2v) is 12.5. The number of anilines is 2. The van der Waals surface area contributed by atoms with Crippen LogP contribution >= 0.6 is 0 Å². The molecule has 1 aliphatic heterocycles. The molecule has 232 valence electrons. The van der Waals surface area contributed by atoms with E-state index in [0.29, 0.717) is 0 Å². The van der Waals surface area contributed by atoms with Gasteiger partial charge in [0.15, 0.2) is 0 Å². The highest BCUT2D eigenvalue weighted by Gasteiger charge is 2.16. The molecule has 0 saturated heterocycles. The fourth-order valence-corrected chi connectivity index (χ4v) is 6.50. The third kappa shape index (κ3) is 6.77. The van der Waals surface area contributed by atoms with Crippen LogP contribution in [0, 0.1) is 13.8 Å². The van der Waals surface area contributed by atoms with Gasteiger partial charge in [-0.05, 0) is 99.8 Å². The summed E-state index contributed by atoms with van der Waals surface area (Å²) in [5.41, 5.74) is 16.9. The van der Waals surface area contributed by atoms with Crippen LogP contribution in [0.4, 0.5) is 11.4 Å². The molecule has 6 aromatic carbocycles. The van der Waals surface area contributed by atoms with Gasteiger partial charge in [-0.15, -0.1) is 0 Å². The molecule has 1 aliphatic rings. The Labute approximate surface area is 285 Å². The van der Waals surface area contributed by atoms with Crippen LogP contribution in [-0.4, -0.2) is 7.05 Å². The Morgan fingerprint density at radius 3 is 1.52 bits per heavy atom. The zero-order valence-corrected chi connectivity index (χ0v) is 27.8. The zero-order valence-electron chi connectivity index (χ0n) is 27.8. The maximum absolute atomic E-state index is 2.32. The summed E-state index contributed by atoms with van der Waals surface area (Å²) < 4.78 is 0. The maximum Gasteiger partial charge on any atom is 0.0482 e. The van der Waals surface area contributed by atoms with Crippen LogP contribution < -0.4 is 4.90 Å². The SMILES string of the molecule is Cc1cccc(C(=Cc2ccc3c(c2)C=Cc2cc(C=CC=C(c4ccccc4)c4ccccc4)ccc2N3C)c2cccc(C)c2)c1. The Bertz CT molecular complexity index is 2110. The Kier molecular flexibility index (Phi) is 8.85. The molecule has 0 saturated carbocycles. The summed E-state index contributed by atoms with van der Waals surface area (Å²) in [6.45, 7) is 4.31. The number of fused-ring (bicyclic) bond motifs is 2. The summed E-state index contributed by atoms with van der Waals surface area (Å²) in [6.07, 6.45) is 13.4. The average molecular weight is 618 g/mol. The molecule has 0 radical (unpaired) electrons. The molecule has 0 N–H and O–H groups in total. The van der Waals surface area contributed by atoms with Crippen LogP contribution in [0.15, 0.2) is 158 Å². The van der Waals surface area contributed by atoms with Crippen molar-refractivity contribution in [1.29, 1.82) is 0 Å². The third-order valence-electron chi connectivity index (χ3n) is 8.96. The van der Waals surface area contributed by atoms with Crippen molar-refractivity contribution in [2.75, 3.05) is 11.9 Å². The molecule has 6 aromatic rings. The van der Waals surface area contributed by atoms with Gasteiger partial charge < -0.3 is 4.90 Å². The van der Waals surface area contributed by atoms with E-state index in [2.05, 4.69) is 208 Å². The van der Waals surface area contributed by atoms with E-state index in [0.717, 1.165) is 0 Å². The molecule has 0 bridgehead atoms. The van der Waals surface area contributed by atoms with Gasteiger partial charge in [-0.1, -0.05) is 163 Å². The molecule has 1 heterocycles. The number of hydrogen-bond acceptors (Lipinski definition) is 1. The lowest BCUT2D eigenvalue weighted by Crippen LogP contribution is -2.11. The minimum Gasteiger partial charge on any atom is -0.344 e. The molecular weight excluding hydrogens is 579 g/mol. The molecule has 7 rings (SSSR count). The molecule has 1 heteroatoms. The van der Waals surface area contributed by atoms with Crippen LogP contribution in [0.5, 0.6) is 0 Å². The summed E-state index contributed by atoms with van der Waals surface area (Å²) in [5, 5.41) is 0. The van der Waals surface area contributed by atoms with Crippen LogP contribution in [0.25, 0.3) is 35.5 Å². The van der Waals surface area contributed by atoms with Gasteiger partial charge >= 0.3 is 0 Å². The predicted molar refractivity (Wildman–Crippen MR) is 208 cm³/mol. The van der Waals surface area contributed by atoms with Crippen molar-refractivity contribution in [3.05, 3.63) is 213 Å². The van der Waals surface area contributed by atoms with Crippen molar-refractivity contribution in [1.82, 2.24) is 0 Å². The van der Waals surface area contributed by atoms with Gasteiger partial charge in [0.25, 0.3) is 0 Å². The third-order valence-corrected chi connectivity index (χ3v) is 8.96. The van der Waals surface area contributed by atoms with Gasteiger partial charge in [-0.25, -0.2) is 0 Å². The number of rotatable bonds is 7. The lowest BCUT2D eigenvalue weighted by molar-refractivity contribution is 1.20. The highest BCUT2D eigenvalue weighted by Crippen LogP contribution is 2.37. The van der Waals surface area contributed by atoms with Gasteiger partial charge in [-0.2, -0.15) is 0 Å². The summed E-state index contributed by atoms with van der Waals surface area (Å²) >= 11 is 0. The Morgan fingerprint density at radius 1 is 0.479 bits per heavy atom. The van der Waals surface area contributed by atoms with Crippen molar-refractivity contribution in [2.24, 2.45) is 0 Å². The first-order chi connectivity index (χ1) is 23.5. The highest BCUT2D eigenvalue weighted by atomic mass is 15.1. The molecule has 0 amide bonds. The quantitative estimate of drug-likeness (QED) is 0.127. The van der Waals surface area contributed by atoms with E-state index in [1.165, 1.54) is 78.2 Å². The van der Waals surface area contributed by atoms with Crippen LogP contribution in [0.2, 0.25) is 0 Å². The molecule has 48 heavy (non-hydrogen) atoms. The maximum atomic E-state index is 2.32. The molecule has 0 aromatic heterocycles. The van der Waals surface area contributed by atoms with Crippen molar-refractivity contribution < 1.29 is 0 Å². The molecule has 0 unspecified atom stereocenters. The van der Waals surface area contributed by atoms with Gasteiger partial charge in [0, 0.05) is 18.4 Å². The van der Waals surface area contributed by atoms with Crippen molar-refractivity contribution >= 4 is 46.8 Å². The second kappa shape index (κ2) is 13.8. The fraction of sp³-hybridized carbons (Fsp3) is 0.0638.